The first-order valence-corrected chi connectivity index (χ1v) is 8.01. The Morgan fingerprint density at radius 2 is 1.90 bits per heavy atom. The Hall–Kier alpha value is -1.07. The summed E-state index contributed by atoms with van der Waals surface area (Å²) in [5.41, 5.74) is 2.46. The van der Waals surface area contributed by atoms with E-state index in [1.165, 1.54) is 11.1 Å². The van der Waals surface area contributed by atoms with Gasteiger partial charge in [0.15, 0.2) is 0 Å². The summed E-state index contributed by atoms with van der Waals surface area (Å²) < 4.78 is 7.20. The molecule has 0 saturated carbocycles. The molecule has 0 spiro atoms. The minimum absolute atomic E-state index is 0.842. The van der Waals surface area contributed by atoms with E-state index in [9.17, 15) is 0 Å². The van der Waals surface area contributed by atoms with Gasteiger partial charge in [0.1, 0.15) is 11.5 Å². The van der Waals surface area contributed by atoms with Gasteiger partial charge in [0.2, 0.25) is 0 Å². The van der Waals surface area contributed by atoms with E-state index in [0.29, 0.717) is 0 Å². The van der Waals surface area contributed by atoms with Gasteiger partial charge in [-0.05, 0) is 60.7 Å². The average Bonchev–Trinajstić information content (AvgIpc) is 2.44. The van der Waals surface area contributed by atoms with E-state index in [2.05, 4.69) is 66.0 Å². The number of halogens is 1. The van der Waals surface area contributed by atoms with Crippen molar-refractivity contribution in [2.45, 2.75) is 26.8 Å². The molecule has 0 aliphatic heterocycles. The van der Waals surface area contributed by atoms with Gasteiger partial charge in [0.25, 0.3) is 0 Å². The van der Waals surface area contributed by atoms with Gasteiger partial charge in [-0.25, -0.2) is 0 Å². The highest BCUT2D eigenvalue weighted by molar-refractivity contribution is 14.1. The van der Waals surface area contributed by atoms with Crippen molar-refractivity contribution in [3.63, 3.8) is 0 Å². The van der Waals surface area contributed by atoms with Gasteiger partial charge in [-0.2, -0.15) is 0 Å². The number of hydrogen-bond donors (Lipinski definition) is 1. The van der Waals surface area contributed by atoms with E-state index in [4.69, 9.17) is 4.74 Å². The Bertz CT molecular complexity index is 569. The summed E-state index contributed by atoms with van der Waals surface area (Å²) in [4.78, 5) is 0. The van der Waals surface area contributed by atoms with E-state index in [-0.39, 0.29) is 0 Å². The lowest BCUT2D eigenvalue weighted by atomic mass is 10.1. The molecule has 0 radical (unpaired) electrons. The maximum absolute atomic E-state index is 6.08. The SMILES string of the molecule is CCCNCc1cc(C)ccc1Oc1ccccc1I. The molecule has 0 aromatic heterocycles. The maximum Gasteiger partial charge on any atom is 0.140 e. The van der Waals surface area contributed by atoms with Crippen LogP contribution in [0.1, 0.15) is 24.5 Å². The lowest BCUT2D eigenvalue weighted by Gasteiger charge is -2.13. The van der Waals surface area contributed by atoms with Crippen LogP contribution in [0.5, 0.6) is 11.5 Å². The lowest BCUT2D eigenvalue weighted by molar-refractivity contribution is 0.469. The Balaban J connectivity index is 2.20. The van der Waals surface area contributed by atoms with Crippen molar-refractivity contribution in [1.82, 2.24) is 5.32 Å². The number of nitrogens with one attached hydrogen (secondary N) is 1. The molecule has 2 rings (SSSR count). The predicted octanol–water partition coefficient (Wildman–Crippen LogP) is 4.89. The summed E-state index contributed by atoms with van der Waals surface area (Å²) in [5.74, 6) is 1.84. The Morgan fingerprint density at radius 1 is 1.10 bits per heavy atom. The molecule has 20 heavy (non-hydrogen) atoms. The van der Waals surface area contributed by atoms with Crippen LogP contribution >= 0.6 is 22.6 Å². The van der Waals surface area contributed by atoms with Crippen molar-refractivity contribution in [2.75, 3.05) is 6.54 Å². The zero-order chi connectivity index (χ0) is 14.4. The number of ether oxygens (including phenoxy) is 1. The van der Waals surface area contributed by atoms with Crippen molar-refractivity contribution in [1.29, 1.82) is 0 Å². The van der Waals surface area contributed by atoms with Crippen molar-refractivity contribution >= 4 is 22.6 Å². The van der Waals surface area contributed by atoms with Crippen LogP contribution in [0.4, 0.5) is 0 Å². The highest BCUT2D eigenvalue weighted by Gasteiger charge is 2.07. The van der Waals surface area contributed by atoms with Crippen LogP contribution in [0.2, 0.25) is 0 Å². The molecule has 2 aromatic rings. The second-order valence-electron chi connectivity index (χ2n) is 4.82. The summed E-state index contributed by atoms with van der Waals surface area (Å²) in [5, 5.41) is 3.44. The smallest absolute Gasteiger partial charge is 0.140 e. The third-order valence-corrected chi connectivity index (χ3v) is 3.91. The number of hydrogen-bond acceptors (Lipinski definition) is 2. The molecule has 0 bridgehead atoms. The van der Waals surface area contributed by atoms with Crippen molar-refractivity contribution in [2.24, 2.45) is 0 Å². The van der Waals surface area contributed by atoms with Crippen LogP contribution in [0.25, 0.3) is 0 Å². The monoisotopic (exact) mass is 381 g/mol. The molecule has 2 aromatic carbocycles. The molecule has 0 amide bonds. The van der Waals surface area contributed by atoms with Gasteiger partial charge in [-0.15, -0.1) is 0 Å². The maximum atomic E-state index is 6.08. The van der Waals surface area contributed by atoms with Gasteiger partial charge in [-0.1, -0.05) is 36.8 Å². The van der Waals surface area contributed by atoms with E-state index >= 15 is 0 Å². The number of rotatable bonds is 6. The molecule has 1 N–H and O–H groups in total. The van der Waals surface area contributed by atoms with Crippen LogP contribution in [0, 0.1) is 10.5 Å². The highest BCUT2D eigenvalue weighted by atomic mass is 127. The van der Waals surface area contributed by atoms with Crippen molar-refractivity contribution in [3.8, 4) is 11.5 Å². The topological polar surface area (TPSA) is 21.3 Å². The molecule has 0 heterocycles. The quantitative estimate of drug-likeness (QED) is 0.568. The highest BCUT2D eigenvalue weighted by Crippen LogP contribution is 2.29. The largest absolute Gasteiger partial charge is 0.456 e. The normalized spacial score (nSPS) is 10.6. The molecule has 0 saturated heterocycles. The van der Waals surface area contributed by atoms with Crippen LogP contribution in [-0.4, -0.2) is 6.54 Å². The van der Waals surface area contributed by atoms with E-state index in [1.54, 1.807) is 0 Å². The van der Waals surface area contributed by atoms with Crippen molar-refractivity contribution < 1.29 is 4.74 Å². The molecular formula is C17H20INO. The van der Waals surface area contributed by atoms with E-state index in [0.717, 1.165) is 34.6 Å². The van der Waals surface area contributed by atoms with E-state index < -0.39 is 0 Å². The molecule has 0 atom stereocenters. The summed E-state index contributed by atoms with van der Waals surface area (Å²) in [6.45, 7) is 6.15. The standard InChI is InChI=1S/C17H20INO/c1-3-10-19-12-14-11-13(2)8-9-16(14)20-17-7-5-4-6-15(17)18/h4-9,11,19H,3,10,12H2,1-2H3. The number of benzene rings is 2. The Morgan fingerprint density at radius 3 is 2.65 bits per heavy atom. The van der Waals surface area contributed by atoms with Crippen LogP contribution in [0.15, 0.2) is 42.5 Å². The first-order valence-electron chi connectivity index (χ1n) is 6.93. The fourth-order valence-electron chi connectivity index (χ4n) is 1.99. The second-order valence-corrected chi connectivity index (χ2v) is 5.98. The van der Waals surface area contributed by atoms with E-state index in [1.807, 2.05) is 18.2 Å². The molecule has 0 unspecified atom stereocenters. The predicted molar refractivity (Wildman–Crippen MR) is 92.4 cm³/mol. The molecular weight excluding hydrogens is 361 g/mol. The lowest BCUT2D eigenvalue weighted by Crippen LogP contribution is -2.14. The van der Waals surface area contributed by atoms with Crippen molar-refractivity contribution in [3.05, 3.63) is 57.2 Å². The third kappa shape index (κ3) is 4.21. The summed E-state index contributed by atoms with van der Waals surface area (Å²) in [7, 11) is 0. The van der Waals surface area contributed by atoms with Gasteiger partial charge in [0.05, 0.1) is 3.57 Å². The first kappa shape index (κ1) is 15.3. The minimum Gasteiger partial charge on any atom is -0.456 e. The van der Waals surface area contributed by atoms with Crippen LogP contribution < -0.4 is 10.1 Å². The molecule has 106 valence electrons. The zero-order valence-corrected chi connectivity index (χ0v) is 14.1. The number of aryl methyl sites for hydroxylation is 1. The first-order chi connectivity index (χ1) is 9.70. The third-order valence-electron chi connectivity index (χ3n) is 3.01. The molecule has 0 fully saturated rings. The van der Waals surface area contributed by atoms with Crippen LogP contribution in [0.3, 0.4) is 0 Å². The second kappa shape index (κ2) is 7.64. The fourth-order valence-corrected chi connectivity index (χ4v) is 2.49. The van der Waals surface area contributed by atoms with Gasteiger partial charge in [0, 0.05) is 12.1 Å². The number of para-hydroxylation sites is 1. The summed E-state index contributed by atoms with van der Waals surface area (Å²) in [6, 6.07) is 14.4. The molecule has 2 nitrogen and oxygen atoms in total. The molecule has 0 aliphatic carbocycles. The average molecular weight is 381 g/mol. The summed E-state index contributed by atoms with van der Waals surface area (Å²) >= 11 is 2.30. The van der Waals surface area contributed by atoms with Gasteiger partial charge < -0.3 is 10.1 Å². The molecule has 0 aliphatic rings. The summed E-state index contributed by atoms with van der Waals surface area (Å²) in [6.07, 6.45) is 1.14. The van der Waals surface area contributed by atoms with Gasteiger partial charge >= 0.3 is 0 Å². The Kier molecular flexibility index (Phi) is 5.86. The fraction of sp³-hybridized carbons (Fsp3) is 0.294. The zero-order valence-electron chi connectivity index (χ0n) is 11.9. The van der Waals surface area contributed by atoms with Gasteiger partial charge in [-0.3, -0.25) is 0 Å². The Labute approximate surface area is 134 Å². The van der Waals surface area contributed by atoms with Crippen LogP contribution in [-0.2, 0) is 6.54 Å². The molecule has 3 heteroatoms. The minimum atomic E-state index is 0.842.